The minimum atomic E-state index is -0.629. The van der Waals surface area contributed by atoms with Crippen LogP contribution < -0.4 is 0 Å². The van der Waals surface area contributed by atoms with Gasteiger partial charge in [-0.2, -0.15) is 10.5 Å². The Labute approximate surface area is 204 Å². The second kappa shape index (κ2) is 7.45. The van der Waals surface area contributed by atoms with E-state index in [-0.39, 0.29) is 0 Å². The van der Waals surface area contributed by atoms with Crippen molar-refractivity contribution in [3.05, 3.63) is 121 Å². The van der Waals surface area contributed by atoms with Gasteiger partial charge >= 0.3 is 0 Å². The minimum absolute atomic E-state index is 0.507. The summed E-state index contributed by atoms with van der Waals surface area (Å²) in [7, 11) is 0. The molecule has 0 aromatic heterocycles. The van der Waals surface area contributed by atoms with Crippen molar-refractivity contribution >= 4 is 37.4 Å². The number of nitrogens with zero attached hydrogens (tertiary/aromatic N) is 2. The highest BCUT2D eigenvalue weighted by Crippen LogP contribution is 2.62. The molecule has 0 fully saturated rings. The quantitative estimate of drug-likeness (QED) is 0.246. The Bertz CT molecular complexity index is 1440. The molecule has 4 heteroatoms. The van der Waals surface area contributed by atoms with Crippen LogP contribution in [0, 0.1) is 22.7 Å². The fraction of sp³-hybridized carbons (Fsp3) is 0.0714. The predicted molar refractivity (Wildman–Crippen MR) is 135 cm³/mol. The number of benzene rings is 3. The van der Waals surface area contributed by atoms with Crippen LogP contribution in [0.15, 0.2) is 93.4 Å². The Hall–Kier alpha value is -3.18. The van der Waals surface area contributed by atoms with E-state index in [0.717, 1.165) is 53.5 Å². The van der Waals surface area contributed by atoms with E-state index in [9.17, 15) is 10.5 Å². The number of hydrogen-bond donors (Lipinski definition) is 0. The van der Waals surface area contributed by atoms with Gasteiger partial charge in [-0.1, -0.05) is 62.7 Å². The normalized spacial score (nSPS) is 15.1. The van der Waals surface area contributed by atoms with E-state index in [1.54, 1.807) is 6.08 Å². The molecule has 0 atom stereocenters. The molecule has 0 amide bonds. The molecule has 2 nitrogen and oxygen atoms in total. The van der Waals surface area contributed by atoms with Gasteiger partial charge in [0.15, 0.2) is 0 Å². The van der Waals surface area contributed by atoms with E-state index in [4.69, 9.17) is 0 Å². The van der Waals surface area contributed by atoms with Gasteiger partial charge in [0.25, 0.3) is 0 Å². The number of rotatable bonds is 2. The van der Waals surface area contributed by atoms with Crippen LogP contribution >= 0.6 is 31.9 Å². The molecular formula is C28H16Br2N2. The van der Waals surface area contributed by atoms with Crippen LogP contribution in [0.4, 0.5) is 0 Å². The van der Waals surface area contributed by atoms with Crippen molar-refractivity contribution in [2.45, 2.75) is 12.3 Å². The van der Waals surface area contributed by atoms with Gasteiger partial charge in [-0.25, -0.2) is 0 Å². The molecule has 3 aromatic carbocycles. The SMILES string of the molecule is C=C/C(C#N)=C\C1=C(C)c2ccc(C#N)cc2C12c1cc(Br)ccc1-c1ccc(Br)cc12. The Morgan fingerprint density at radius 1 is 0.875 bits per heavy atom. The topological polar surface area (TPSA) is 47.6 Å². The van der Waals surface area contributed by atoms with E-state index < -0.39 is 5.41 Å². The van der Waals surface area contributed by atoms with Gasteiger partial charge in [0.2, 0.25) is 0 Å². The van der Waals surface area contributed by atoms with Crippen LogP contribution in [-0.4, -0.2) is 0 Å². The second-order valence-corrected chi connectivity index (χ2v) is 9.79. The monoisotopic (exact) mass is 538 g/mol. The van der Waals surface area contributed by atoms with Crippen molar-refractivity contribution in [3.63, 3.8) is 0 Å². The summed E-state index contributed by atoms with van der Waals surface area (Å²) in [5.41, 5.74) is 9.37. The Morgan fingerprint density at radius 3 is 1.97 bits per heavy atom. The third-order valence-corrected chi connectivity index (χ3v) is 7.46. The van der Waals surface area contributed by atoms with Crippen LogP contribution in [0.5, 0.6) is 0 Å². The standard InChI is InChI=1S/C28H16Br2N2/c1-3-17(14-31)10-24-16(2)21-7-4-18(15-32)11-25(21)28(24)26-12-19(29)5-8-22(26)23-9-6-20(30)13-27(23)28/h3-13H,1H2,2H3/b17-10+. The van der Waals surface area contributed by atoms with Crippen LogP contribution in [-0.2, 0) is 5.41 Å². The summed E-state index contributed by atoms with van der Waals surface area (Å²) in [6, 6.07) is 23.2. The smallest absolute Gasteiger partial charge is 0.0991 e. The first-order chi connectivity index (χ1) is 15.4. The van der Waals surface area contributed by atoms with E-state index >= 15 is 0 Å². The molecule has 32 heavy (non-hydrogen) atoms. The molecule has 0 radical (unpaired) electrons. The first-order valence-electron chi connectivity index (χ1n) is 10.1. The molecule has 5 rings (SSSR count). The predicted octanol–water partition coefficient (Wildman–Crippen LogP) is 7.82. The van der Waals surface area contributed by atoms with Gasteiger partial charge in [0, 0.05) is 8.95 Å². The van der Waals surface area contributed by atoms with E-state index in [1.807, 2.05) is 24.3 Å². The molecule has 0 aliphatic heterocycles. The maximum atomic E-state index is 9.71. The molecule has 1 spiro atoms. The Balaban J connectivity index is 2.02. The summed E-state index contributed by atoms with van der Waals surface area (Å²) in [5, 5.41) is 19.4. The van der Waals surface area contributed by atoms with Gasteiger partial charge in [0.05, 0.1) is 28.7 Å². The highest BCUT2D eigenvalue weighted by molar-refractivity contribution is 9.10. The summed E-state index contributed by atoms with van der Waals surface area (Å²) >= 11 is 7.35. The summed E-state index contributed by atoms with van der Waals surface area (Å²) in [6.07, 6.45) is 3.55. The molecule has 3 aromatic rings. The number of nitriles is 2. The maximum Gasteiger partial charge on any atom is 0.0991 e. The van der Waals surface area contributed by atoms with E-state index in [0.29, 0.717) is 11.1 Å². The van der Waals surface area contributed by atoms with Gasteiger partial charge < -0.3 is 0 Å². The van der Waals surface area contributed by atoms with E-state index in [2.05, 4.69) is 93.9 Å². The average Bonchev–Trinajstić information content (AvgIpc) is 3.21. The molecular weight excluding hydrogens is 524 g/mol. The molecule has 0 bridgehead atoms. The molecule has 0 N–H and O–H groups in total. The lowest BCUT2D eigenvalue weighted by atomic mass is 9.69. The van der Waals surface area contributed by atoms with Crippen molar-refractivity contribution in [1.82, 2.24) is 0 Å². The van der Waals surface area contributed by atoms with Crippen LogP contribution in [0.2, 0.25) is 0 Å². The molecule has 0 unspecified atom stereocenters. The van der Waals surface area contributed by atoms with Crippen molar-refractivity contribution < 1.29 is 0 Å². The lowest BCUT2D eigenvalue weighted by Crippen LogP contribution is -2.27. The number of allylic oxidation sites excluding steroid dienone is 5. The van der Waals surface area contributed by atoms with Crippen LogP contribution in [0.1, 0.15) is 34.7 Å². The van der Waals surface area contributed by atoms with Crippen molar-refractivity contribution in [2.75, 3.05) is 0 Å². The van der Waals surface area contributed by atoms with Gasteiger partial charge in [-0.05, 0) is 93.9 Å². The highest BCUT2D eigenvalue weighted by Gasteiger charge is 2.52. The third kappa shape index (κ3) is 2.67. The summed E-state index contributed by atoms with van der Waals surface area (Å²) in [6.45, 7) is 5.93. The van der Waals surface area contributed by atoms with Crippen molar-refractivity contribution in [1.29, 1.82) is 10.5 Å². The molecule has 2 aliphatic carbocycles. The van der Waals surface area contributed by atoms with Gasteiger partial charge in [0.1, 0.15) is 0 Å². The summed E-state index contributed by atoms with van der Waals surface area (Å²) < 4.78 is 1.97. The number of fused-ring (bicyclic) bond motifs is 7. The first kappa shape index (κ1) is 20.7. The lowest BCUT2D eigenvalue weighted by Gasteiger charge is -2.32. The highest BCUT2D eigenvalue weighted by atomic mass is 79.9. The van der Waals surface area contributed by atoms with Crippen molar-refractivity contribution in [2.24, 2.45) is 0 Å². The zero-order chi connectivity index (χ0) is 22.6. The average molecular weight is 540 g/mol. The van der Waals surface area contributed by atoms with Crippen molar-refractivity contribution in [3.8, 4) is 23.3 Å². The zero-order valence-electron chi connectivity index (χ0n) is 17.2. The molecule has 0 saturated heterocycles. The maximum absolute atomic E-state index is 9.71. The lowest BCUT2D eigenvalue weighted by molar-refractivity contribution is 0.783. The minimum Gasteiger partial charge on any atom is -0.192 e. The molecule has 152 valence electrons. The van der Waals surface area contributed by atoms with E-state index in [1.165, 1.54) is 0 Å². The third-order valence-electron chi connectivity index (χ3n) is 6.47. The van der Waals surface area contributed by atoms with Crippen LogP contribution in [0.25, 0.3) is 16.7 Å². The first-order valence-corrected chi connectivity index (χ1v) is 11.6. The van der Waals surface area contributed by atoms with Crippen LogP contribution in [0.3, 0.4) is 0 Å². The van der Waals surface area contributed by atoms with Gasteiger partial charge in [-0.3, -0.25) is 0 Å². The molecule has 0 heterocycles. The summed E-state index contributed by atoms with van der Waals surface area (Å²) in [4.78, 5) is 0. The molecule has 0 saturated carbocycles. The fourth-order valence-electron chi connectivity index (χ4n) is 5.18. The van der Waals surface area contributed by atoms with Gasteiger partial charge in [-0.15, -0.1) is 0 Å². The Kier molecular flexibility index (Phi) is 4.82. The second-order valence-electron chi connectivity index (χ2n) is 7.96. The fourth-order valence-corrected chi connectivity index (χ4v) is 5.90. The number of hydrogen-bond acceptors (Lipinski definition) is 2. The molecule has 2 aliphatic rings. The summed E-state index contributed by atoms with van der Waals surface area (Å²) in [5.74, 6) is 0. The largest absolute Gasteiger partial charge is 0.192 e. The number of halogens is 2. The Morgan fingerprint density at radius 2 is 1.44 bits per heavy atom. The zero-order valence-corrected chi connectivity index (χ0v) is 20.4.